The third-order valence-electron chi connectivity index (χ3n) is 1.70. The number of hydrogen-bond acceptors (Lipinski definition) is 3. The fourth-order valence-corrected chi connectivity index (χ4v) is 1.10. The molecule has 0 atom stereocenters. The summed E-state index contributed by atoms with van der Waals surface area (Å²) in [6.07, 6.45) is 1.25. The van der Waals surface area contributed by atoms with Gasteiger partial charge in [-0.2, -0.15) is 0 Å². The zero-order chi connectivity index (χ0) is 11.8. The largest absolute Gasteiger partial charge is 0.504 e. The zero-order valence-corrected chi connectivity index (χ0v) is 10.1. The predicted octanol–water partition coefficient (Wildman–Crippen LogP) is 3.13. The van der Waals surface area contributed by atoms with Crippen LogP contribution in [0.3, 0.4) is 0 Å². The van der Waals surface area contributed by atoms with Gasteiger partial charge < -0.3 is 14.6 Å². The second-order valence-corrected chi connectivity index (χ2v) is 3.18. The van der Waals surface area contributed by atoms with E-state index >= 15 is 0 Å². The monoisotopic (exact) mass is 212 g/mol. The molecule has 0 saturated carbocycles. The van der Waals surface area contributed by atoms with Crippen LogP contribution in [-0.4, -0.2) is 19.3 Å². The van der Waals surface area contributed by atoms with E-state index in [-0.39, 0.29) is 5.75 Å². The van der Waals surface area contributed by atoms with Crippen LogP contribution in [0.4, 0.5) is 0 Å². The van der Waals surface area contributed by atoms with Gasteiger partial charge in [0.15, 0.2) is 11.5 Å². The summed E-state index contributed by atoms with van der Waals surface area (Å²) in [5.74, 6) is 1.06. The summed E-state index contributed by atoms with van der Waals surface area (Å²) >= 11 is 0. The number of aromatic hydroxyl groups is 1. The lowest BCUT2D eigenvalue weighted by molar-refractivity contribution is 0.331. The fourth-order valence-electron chi connectivity index (χ4n) is 1.10. The van der Waals surface area contributed by atoms with Crippen molar-refractivity contribution in [2.45, 2.75) is 27.2 Å². The van der Waals surface area contributed by atoms with Crippen molar-refractivity contribution in [3.63, 3.8) is 0 Å². The van der Waals surface area contributed by atoms with Gasteiger partial charge in [0, 0.05) is 0 Å². The van der Waals surface area contributed by atoms with Crippen LogP contribution in [-0.2, 0) is 0 Å². The summed E-state index contributed by atoms with van der Waals surface area (Å²) in [6, 6.07) is 3.35. The third-order valence-corrected chi connectivity index (χ3v) is 1.70. The van der Waals surface area contributed by atoms with Gasteiger partial charge in [-0.3, -0.25) is 0 Å². The highest BCUT2D eigenvalue weighted by Gasteiger charge is 2.10. The number of methoxy groups -OCH3 is 2. The summed E-state index contributed by atoms with van der Waals surface area (Å²) in [7, 11) is 3.04. The maximum Gasteiger partial charge on any atom is 0.203 e. The van der Waals surface area contributed by atoms with Crippen molar-refractivity contribution in [3.05, 3.63) is 17.7 Å². The summed E-state index contributed by atoms with van der Waals surface area (Å²) < 4.78 is 10.0. The van der Waals surface area contributed by atoms with Gasteiger partial charge in [-0.15, -0.1) is 0 Å². The fraction of sp³-hybridized carbons (Fsp3) is 0.500. The van der Waals surface area contributed by atoms with Crippen LogP contribution >= 0.6 is 0 Å². The van der Waals surface area contributed by atoms with Crippen LogP contribution in [0.2, 0.25) is 0 Å². The Bertz CT molecular complexity index is 266. The molecule has 0 heterocycles. The second kappa shape index (κ2) is 6.98. The SMILES string of the molecule is CCC.COc1c(C)ccc(O)c1OC. The standard InChI is InChI=1S/C9H12O3.C3H8/c1-6-4-5-7(10)9(12-3)8(6)11-2;1-3-2/h4-5,10H,1-3H3;3H2,1-2H3. The van der Waals surface area contributed by atoms with E-state index < -0.39 is 0 Å². The van der Waals surface area contributed by atoms with E-state index in [9.17, 15) is 5.11 Å². The molecule has 0 radical (unpaired) electrons. The normalized spacial score (nSPS) is 8.87. The molecule has 0 aliphatic heterocycles. The van der Waals surface area contributed by atoms with Crippen LogP contribution in [0, 0.1) is 6.92 Å². The van der Waals surface area contributed by atoms with Crippen molar-refractivity contribution in [3.8, 4) is 17.2 Å². The average Bonchev–Trinajstić information content (AvgIpc) is 2.22. The molecule has 0 unspecified atom stereocenters. The van der Waals surface area contributed by atoms with Gasteiger partial charge in [0.1, 0.15) is 0 Å². The van der Waals surface area contributed by atoms with E-state index in [1.54, 1.807) is 19.2 Å². The number of ether oxygens (including phenoxy) is 2. The molecule has 0 aromatic heterocycles. The Morgan fingerprint density at radius 2 is 1.53 bits per heavy atom. The van der Waals surface area contributed by atoms with Crippen molar-refractivity contribution in [2.24, 2.45) is 0 Å². The number of rotatable bonds is 2. The molecule has 0 saturated heterocycles. The number of benzene rings is 1. The lowest BCUT2D eigenvalue weighted by Gasteiger charge is -2.10. The van der Waals surface area contributed by atoms with Crippen molar-refractivity contribution in [1.29, 1.82) is 0 Å². The number of phenols is 1. The molecular formula is C12H20O3. The molecule has 3 nitrogen and oxygen atoms in total. The Hall–Kier alpha value is -1.38. The molecule has 3 heteroatoms. The smallest absolute Gasteiger partial charge is 0.203 e. The highest BCUT2D eigenvalue weighted by molar-refractivity contribution is 5.54. The molecule has 1 N–H and O–H groups in total. The van der Waals surface area contributed by atoms with Crippen molar-refractivity contribution in [2.75, 3.05) is 14.2 Å². The van der Waals surface area contributed by atoms with E-state index in [2.05, 4.69) is 13.8 Å². The molecule has 86 valence electrons. The highest BCUT2D eigenvalue weighted by atomic mass is 16.5. The first-order chi connectivity index (χ1) is 7.12. The Morgan fingerprint density at radius 3 is 1.87 bits per heavy atom. The van der Waals surface area contributed by atoms with Crippen LogP contribution in [0.25, 0.3) is 0 Å². The van der Waals surface area contributed by atoms with E-state index in [1.807, 2.05) is 6.92 Å². The minimum absolute atomic E-state index is 0.0972. The third kappa shape index (κ3) is 3.70. The molecule has 0 fully saturated rings. The van der Waals surface area contributed by atoms with Gasteiger partial charge >= 0.3 is 0 Å². The first-order valence-corrected chi connectivity index (χ1v) is 5.02. The molecular weight excluding hydrogens is 192 g/mol. The van der Waals surface area contributed by atoms with Gasteiger partial charge in [-0.1, -0.05) is 26.3 Å². The van der Waals surface area contributed by atoms with Crippen molar-refractivity contribution in [1.82, 2.24) is 0 Å². The molecule has 0 aliphatic rings. The van der Waals surface area contributed by atoms with Crippen molar-refractivity contribution < 1.29 is 14.6 Å². The maximum atomic E-state index is 9.34. The highest BCUT2D eigenvalue weighted by Crippen LogP contribution is 2.38. The Labute approximate surface area is 91.6 Å². The number of phenolic OH excluding ortho intramolecular Hbond substituents is 1. The van der Waals surface area contributed by atoms with E-state index in [0.29, 0.717) is 11.5 Å². The van der Waals surface area contributed by atoms with E-state index in [0.717, 1.165) is 5.56 Å². The Morgan fingerprint density at radius 1 is 1.07 bits per heavy atom. The van der Waals surface area contributed by atoms with Crippen LogP contribution < -0.4 is 9.47 Å². The predicted molar refractivity (Wildman–Crippen MR) is 61.9 cm³/mol. The minimum atomic E-state index is 0.0972. The Kier molecular flexibility index (Phi) is 6.34. The first-order valence-electron chi connectivity index (χ1n) is 5.02. The molecule has 1 aromatic rings. The van der Waals surface area contributed by atoms with Crippen LogP contribution in [0.5, 0.6) is 17.2 Å². The van der Waals surface area contributed by atoms with Gasteiger partial charge in [0.25, 0.3) is 0 Å². The van der Waals surface area contributed by atoms with E-state index in [1.165, 1.54) is 13.5 Å². The van der Waals surface area contributed by atoms with Gasteiger partial charge in [0.05, 0.1) is 14.2 Å². The topological polar surface area (TPSA) is 38.7 Å². The summed E-state index contributed by atoms with van der Waals surface area (Å²) in [5.41, 5.74) is 0.937. The molecule has 15 heavy (non-hydrogen) atoms. The second-order valence-electron chi connectivity index (χ2n) is 3.18. The van der Waals surface area contributed by atoms with Crippen LogP contribution in [0.1, 0.15) is 25.8 Å². The van der Waals surface area contributed by atoms with Gasteiger partial charge in [-0.05, 0) is 18.6 Å². The van der Waals surface area contributed by atoms with E-state index in [4.69, 9.17) is 9.47 Å². The summed E-state index contributed by atoms with van der Waals surface area (Å²) in [5, 5.41) is 9.34. The van der Waals surface area contributed by atoms with Crippen LogP contribution in [0.15, 0.2) is 12.1 Å². The lowest BCUT2D eigenvalue weighted by atomic mass is 10.2. The summed E-state index contributed by atoms with van der Waals surface area (Å²) in [6.45, 7) is 6.14. The lowest BCUT2D eigenvalue weighted by Crippen LogP contribution is -1.92. The molecule has 0 aliphatic carbocycles. The van der Waals surface area contributed by atoms with Gasteiger partial charge in [0.2, 0.25) is 5.75 Å². The molecule has 0 bridgehead atoms. The molecule has 1 aromatic carbocycles. The summed E-state index contributed by atoms with van der Waals surface area (Å²) in [4.78, 5) is 0. The molecule has 1 rings (SSSR count). The Balaban J connectivity index is 0.000000583. The zero-order valence-electron chi connectivity index (χ0n) is 10.1. The average molecular weight is 212 g/mol. The number of aryl methyl sites for hydroxylation is 1. The molecule has 0 spiro atoms. The quantitative estimate of drug-likeness (QED) is 0.818. The number of hydrogen-bond donors (Lipinski definition) is 1. The van der Waals surface area contributed by atoms with Gasteiger partial charge in [-0.25, -0.2) is 0 Å². The maximum absolute atomic E-state index is 9.34. The molecule has 0 amide bonds. The van der Waals surface area contributed by atoms with Crippen molar-refractivity contribution >= 4 is 0 Å². The minimum Gasteiger partial charge on any atom is -0.504 e. The first kappa shape index (κ1) is 13.6.